The van der Waals surface area contributed by atoms with E-state index < -0.39 is 0 Å². The molecule has 1 saturated carbocycles. The molecular weight excluding hydrogens is 250 g/mol. The van der Waals surface area contributed by atoms with Crippen molar-refractivity contribution in [2.45, 2.75) is 38.5 Å². The topological polar surface area (TPSA) is 64.9 Å². The fraction of sp³-hybridized carbons (Fsp3) is 0.500. The first-order valence-corrected chi connectivity index (χ1v) is 7.39. The van der Waals surface area contributed by atoms with Gasteiger partial charge in [-0.2, -0.15) is 4.98 Å². The lowest BCUT2D eigenvalue weighted by Crippen LogP contribution is -2.02. The zero-order chi connectivity index (χ0) is 13.9. The van der Waals surface area contributed by atoms with Crippen molar-refractivity contribution in [3.63, 3.8) is 0 Å². The molecule has 0 aliphatic heterocycles. The largest absolute Gasteiger partial charge is 0.334 e. The minimum absolute atomic E-state index is 0.467. The van der Waals surface area contributed by atoms with E-state index in [1.165, 1.54) is 24.8 Å². The highest BCUT2D eigenvalue weighted by molar-refractivity contribution is 5.54. The van der Waals surface area contributed by atoms with Gasteiger partial charge in [0.15, 0.2) is 5.82 Å². The maximum absolute atomic E-state index is 5.60. The van der Waals surface area contributed by atoms with Crippen LogP contribution in [0.1, 0.15) is 43.5 Å². The zero-order valence-electron chi connectivity index (χ0n) is 11.9. The van der Waals surface area contributed by atoms with Crippen LogP contribution in [0.25, 0.3) is 11.5 Å². The summed E-state index contributed by atoms with van der Waals surface area (Å²) in [6.07, 6.45) is 4.48. The second kappa shape index (κ2) is 5.75. The molecule has 1 aromatic carbocycles. The van der Waals surface area contributed by atoms with Crippen molar-refractivity contribution in [1.82, 2.24) is 10.1 Å². The van der Waals surface area contributed by atoms with E-state index in [0.29, 0.717) is 18.4 Å². The van der Waals surface area contributed by atoms with Gasteiger partial charge in [0.1, 0.15) is 0 Å². The van der Waals surface area contributed by atoms with Crippen LogP contribution in [0.2, 0.25) is 0 Å². The molecule has 0 amide bonds. The smallest absolute Gasteiger partial charge is 0.257 e. The number of aromatic nitrogens is 2. The molecule has 2 N–H and O–H groups in total. The molecule has 4 nitrogen and oxygen atoms in total. The van der Waals surface area contributed by atoms with Gasteiger partial charge in [-0.05, 0) is 55.8 Å². The fourth-order valence-electron chi connectivity index (χ4n) is 2.99. The van der Waals surface area contributed by atoms with E-state index >= 15 is 0 Å². The molecule has 2 unspecified atom stereocenters. The van der Waals surface area contributed by atoms with Crippen molar-refractivity contribution in [2.24, 2.45) is 11.7 Å². The monoisotopic (exact) mass is 271 g/mol. The van der Waals surface area contributed by atoms with Crippen molar-refractivity contribution in [2.75, 3.05) is 6.54 Å². The van der Waals surface area contributed by atoms with Crippen LogP contribution < -0.4 is 5.73 Å². The summed E-state index contributed by atoms with van der Waals surface area (Å²) in [6, 6.07) is 8.18. The number of rotatable bonds is 4. The van der Waals surface area contributed by atoms with Gasteiger partial charge >= 0.3 is 0 Å². The van der Waals surface area contributed by atoms with E-state index in [2.05, 4.69) is 29.2 Å². The average Bonchev–Trinajstić information content (AvgIpc) is 3.08. The van der Waals surface area contributed by atoms with E-state index in [0.717, 1.165) is 23.7 Å². The Morgan fingerprint density at radius 3 is 3.00 bits per heavy atom. The molecule has 0 saturated heterocycles. The first kappa shape index (κ1) is 13.3. The third-order valence-electron chi connectivity index (χ3n) is 4.11. The van der Waals surface area contributed by atoms with Crippen LogP contribution >= 0.6 is 0 Å². The summed E-state index contributed by atoms with van der Waals surface area (Å²) in [5.41, 5.74) is 7.79. The quantitative estimate of drug-likeness (QED) is 0.927. The third-order valence-corrected chi connectivity index (χ3v) is 4.11. The van der Waals surface area contributed by atoms with Gasteiger partial charge < -0.3 is 10.3 Å². The maximum atomic E-state index is 5.60. The van der Waals surface area contributed by atoms with E-state index in [4.69, 9.17) is 10.3 Å². The Hall–Kier alpha value is -1.68. The van der Waals surface area contributed by atoms with Gasteiger partial charge in [-0.3, -0.25) is 0 Å². The SMILES string of the molecule is CC1CCC(c2noc(-c3cccc(CCN)c3)n2)C1. The normalized spacial score (nSPS) is 22.3. The molecule has 1 aliphatic carbocycles. The summed E-state index contributed by atoms with van der Waals surface area (Å²) in [5.74, 6) is 2.73. The predicted octanol–water partition coefficient (Wildman–Crippen LogP) is 3.14. The molecule has 0 radical (unpaired) electrons. The Balaban J connectivity index is 1.81. The molecule has 2 aromatic rings. The average molecular weight is 271 g/mol. The summed E-state index contributed by atoms with van der Waals surface area (Å²) in [4.78, 5) is 4.59. The van der Waals surface area contributed by atoms with Gasteiger partial charge in [-0.25, -0.2) is 0 Å². The van der Waals surface area contributed by atoms with Crippen LogP contribution in [-0.4, -0.2) is 16.7 Å². The third kappa shape index (κ3) is 2.75. The highest BCUT2D eigenvalue weighted by atomic mass is 16.5. The summed E-state index contributed by atoms with van der Waals surface area (Å²) in [6.45, 7) is 2.94. The van der Waals surface area contributed by atoms with Gasteiger partial charge in [-0.1, -0.05) is 24.2 Å². The number of hydrogen-bond donors (Lipinski definition) is 1. The van der Waals surface area contributed by atoms with Gasteiger partial charge in [-0.15, -0.1) is 0 Å². The lowest BCUT2D eigenvalue weighted by Gasteiger charge is -2.02. The van der Waals surface area contributed by atoms with E-state index in [1.807, 2.05) is 12.1 Å². The molecule has 1 aromatic heterocycles. The number of hydrogen-bond acceptors (Lipinski definition) is 4. The van der Waals surface area contributed by atoms with Crippen LogP contribution in [0.4, 0.5) is 0 Å². The first-order valence-electron chi connectivity index (χ1n) is 7.39. The van der Waals surface area contributed by atoms with Crippen molar-refractivity contribution < 1.29 is 4.52 Å². The molecule has 1 fully saturated rings. The van der Waals surface area contributed by atoms with E-state index in [-0.39, 0.29) is 0 Å². The van der Waals surface area contributed by atoms with Crippen LogP contribution in [0.3, 0.4) is 0 Å². The van der Waals surface area contributed by atoms with Gasteiger partial charge in [0, 0.05) is 11.5 Å². The van der Waals surface area contributed by atoms with Gasteiger partial charge in [0.05, 0.1) is 0 Å². The fourth-order valence-corrected chi connectivity index (χ4v) is 2.99. The maximum Gasteiger partial charge on any atom is 0.257 e. The molecular formula is C16H21N3O. The molecule has 4 heteroatoms. The summed E-state index contributed by atoms with van der Waals surface area (Å²) in [5, 5.41) is 4.17. The molecule has 20 heavy (non-hydrogen) atoms. The van der Waals surface area contributed by atoms with E-state index in [9.17, 15) is 0 Å². The second-order valence-electron chi connectivity index (χ2n) is 5.81. The number of nitrogens with two attached hydrogens (primary N) is 1. The number of benzene rings is 1. The standard InChI is InChI=1S/C16H21N3O/c1-11-5-6-13(9-11)15-18-16(20-19-15)14-4-2-3-12(10-14)7-8-17/h2-4,10-11,13H,5-9,17H2,1H3. The summed E-state index contributed by atoms with van der Waals surface area (Å²) >= 11 is 0. The van der Waals surface area contributed by atoms with Crippen LogP contribution in [-0.2, 0) is 6.42 Å². The van der Waals surface area contributed by atoms with Gasteiger partial charge in [0.2, 0.25) is 0 Å². The lowest BCUT2D eigenvalue weighted by molar-refractivity contribution is 0.414. The van der Waals surface area contributed by atoms with Crippen LogP contribution in [0, 0.1) is 5.92 Å². The minimum Gasteiger partial charge on any atom is -0.334 e. The first-order chi connectivity index (χ1) is 9.76. The van der Waals surface area contributed by atoms with Crippen molar-refractivity contribution in [1.29, 1.82) is 0 Å². The van der Waals surface area contributed by atoms with E-state index in [1.54, 1.807) is 0 Å². The van der Waals surface area contributed by atoms with Crippen molar-refractivity contribution in [3.05, 3.63) is 35.7 Å². The molecule has 106 valence electrons. The number of nitrogens with zero attached hydrogens (tertiary/aromatic N) is 2. The van der Waals surface area contributed by atoms with Crippen molar-refractivity contribution in [3.8, 4) is 11.5 Å². The highest BCUT2D eigenvalue weighted by Crippen LogP contribution is 2.37. The molecule has 0 spiro atoms. The summed E-state index contributed by atoms with van der Waals surface area (Å²) in [7, 11) is 0. The zero-order valence-corrected chi connectivity index (χ0v) is 11.9. The molecule has 3 rings (SSSR count). The molecule has 2 atom stereocenters. The van der Waals surface area contributed by atoms with Crippen LogP contribution in [0.5, 0.6) is 0 Å². The highest BCUT2D eigenvalue weighted by Gasteiger charge is 2.27. The summed E-state index contributed by atoms with van der Waals surface area (Å²) < 4.78 is 5.44. The Kier molecular flexibility index (Phi) is 3.83. The Labute approximate surface area is 119 Å². The predicted molar refractivity (Wildman–Crippen MR) is 78.2 cm³/mol. The van der Waals surface area contributed by atoms with Crippen molar-refractivity contribution >= 4 is 0 Å². The van der Waals surface area contributed by atoms with Gasteiger partial charge in [0.25, 0.3) is 5.89 Å². The van der Waals surface area contributed by atoms with Crippen LogP contribution in [0.15, 0.2) is 28.8 Å². The molecule has 1 aliphatic rings. The minimum atomic E-state index is 0.467. The molecule has 1 heterocycles. The Bertz CT molecular complexity index is 579. The molecule has 0 bridgehead atoms. The lowest BCUT2D eigenvalue weighted by atomic mass is 10.1. The second-order valence-corrected chi connectivity index (χ2v) is 5.81. The Morgan fingerprint density at radius 1 is 1.35 bits per heavy atom. The Morgan fingerprint density at radius 2 is 2.25 bits per heavy atom.